The summed E-state index contributed by atoms with van der Waals surface area (Å²) in [6, 6.07) is 1.79. The molecular weight excluding hydrogens is 164 g/mol. The van der Waals surface area contributed by atoms with Gasteiger partial charge >= 0.3 is 0 Å². The number of carbonyl (C=O) groups is 1. The molecule has 0 aromatic carbocycles. The standard InChI is InChI=1S/C11H12O2/c1-8-6-10(7-13-8)11(12)9-4-2-3-5-9/h4,6-7H,2-3,5H2,1H3. The molecule has 0 saturated carbocycles. The lowest BCUT2D eigenvalue weighted by Gasteiger charge is -1.95. The molecule has 0 N–H and O–H groups in total. The fourth-order valence-corrected chi connectivity index (χ4v) is 1.63. The van der Waals surface area contributed by atoms with Gasteiger partial charge in [-0.1, -0.05) is 6.08 Å². The molecule has 0 saturated heterocycles. The lowest BCUT2D eigenvalue weighted by atomic mass is 10.1. The number of ketones is 1. The summed E-state index contributed by atoms with van der Waals surface area (Å²) >= 11 is 0. The Morgan fingerprint density at radius 2 is 2.38 bits per heavy atom. The van der Waals surface area contributed by atoms with Crippen molar-refractivity contribution in [2.24, 2.45) is 0 Å². The van der Waals surface area contributed by atoms with E-state index in [0.29, 0.717) is 5.56 Å². The number of aryl methyl sites for hydroxylation is 1. The highest BCUT2D eigenvalue weighted by Gasteiger charge is 2.16. The summed E-state index contributed by atoms with van der Waals surface area (Å²) in [5.41, 5.74) is 1.63. The molecular formula is C11H12O2. The van der Waals surface area contributed by atoms with Crippen LogP contribution in [0.25, 0.3) is 0 Å². The van der Waals surface area contributed by atoms with E-state index in [1.807, 2.05) is 13.0 Å². The van der Waals surface area contributed by atoms with Crippen LogP contribution in [0.4, 0.5) is 0 Å². The Bertz CT molecular complexity index is 358. The van der Waals surface area contributed by atoms with Gasteiger partial charge in [-0.2, -0.15) is 0 Å². The first-order valence-corrected chi connectivity index (χ1v) is 4.56. The van der Waals surface area contributed by atoms with Gasteiger partial charge in [0.15, 0.2) is 5.78 Å². The Balaban J connectivity index is 2.22. The lowest BCUT2D eigenvalue weighted by molar-refractivity contribution is 0.103. The van der Waals surface area contributed by atoms with Crippen molar-refractivity contribution in [2.75, 3.05) is 0 Å². The minimum atomic E-state index is 0.134. The van der Waals surface area contributed by atoms with Crippen molar-refractivity contribution in [1.29, 1.82) is 0 Å². The number of rotatable bonds is 2. The quantitative estimate of drug-likeness (QED) is 0.648. The van der Waals surface area contributed by atoms with Crippen molar-refractivity contribution in [3.05, 3.63) is 35.3 Å². The van der Waals surface area contributed by atoms with E-state index in [1.54, 1.807) is 6.07 Å². The number of hydrogen-bond donors (Lipinski definition) is 0. The normalized spacial score (nSPS) is 15.9. The molecule has 2 heteroatoms. The second-order valence-electron chi connectivity index (χ2n) is 3.40. The zero-order valence-corrected chi connectivity index (χ0v) is 7.67. The molecule has 0 unspecified atom stereocenters. The van der Waals surface area contributed by atoms with Gasteiger partial charge in [-0.25, -0.2) is 0 Å². The number of carbonyl (C=O) groups excluding carboxylic acids is 1. The zero-order chi connectivity index (χ0) is 9.26. The summed E-state index contributed by atoms with van der Waals surface area (Å²) in [5, 5.41) is 0. The Kier molecular flexibility index (Phi) is 2.05. The number of hydrogen-bond acceptors (Lipinski definition) is 2. The molecule has 1 heterocycles. The average Bonchev–Trinajstić information content (AvgIpc) is 2.72. The van der Waals surface area contributed by atoms with Crippen molar-refractivity contribution < 1.29 is 9.21 Å². The molecule has 0 atom stereocenters. The molecule has 1 aromatic heterocycles. The maximum absolute atomic E-state index is 11.7. The van der Waals surface area contributed by atoms with E-state index in [1.165, 1.54) is 6.26 Å². The summed E-state index contributed by atoms with van der Waals surface area (Å²) in [6.07, 6.45) is 6.64. The predicted octanol–water partition coefficient (Wildman–Crippen LogP) is 2.88. The minimum Gasteiger partial charge on any atom is -0.469 e. The minimum absolute atomic E-state index is 0.134. The second-order valence-corrected chi connectivity index (χ2v) is 3.40. The van der Waals surface area contributed by atoms with Gasteiger partial charge in [0.05, 0.1) is 5.56 Å². The third-order valence-corrected chi connectivity index (χ3v) is 2.33. The lowest BCUT2D eigenvalue weighted by Crippen LogP contribution is -1.99. The first-order chi connectivity index (χ1) is 6.27. The van der Waals surface area contributed by atoms with Crippen LogP contribution in [0.1, 0.15) is 35.4 Å². The van der Waals surface area contributed by atoms with Gasteiger partial charge in [0.2, 0.25) is 0 Å². The van der Waals surface area contributed by atoms with Crippen molar-refractivity contribution in [1.82, 2.24) is 0 Å². The number of allylic oxidation sites excluding steroid dienone is 2. The van der Waals surface area contributed by atoms with E-state index in [2.05, 4.69) is 0 Å². The molecule has 13 heavy (non-hydrogen) atoms. The summed E-state index contributed by atoms with van der Waals surface area (Å²) in [5.74, 6) is 0.927. The van der Waals surface area contributed by atoms with Crippen LogP contribution < -0.4 is 0 Å². The zero-order valence-electron chi connectivity index (χ0n) is 7.67. The SMILES string of the molecule is Cc1cc(C(=O)C2=CCCC2)co1. The molecule has 1 aliphatic carbocycles. The second kappa shape index (κ2) is 3.21. The molecule has 1 aliphatic rings. The van der Waals surface area contributed by atoms with Crippen LogP contribution in [-0.4, -0.2) is 5.78 Å². The molecule has 0 bridgehead atoms. The first-order valence-electron chi connectivity index (χ1n) is 4.56. The van der Waals surface area contributed by atoms with E-state index in [4.69, 9.17) is 4.42 Å². The van der Waals surface area contributed by atoms with Gasteiger partial charge in [-0.3, -0.25) is 4.79 Å². The highest BCUT2D eigenvalue weighted by molar-refractivity contribution is 6.08. The first kappa shape index (κ1) is 8.30. The van der Waals surface area contributed by atoms with Crippen molar-refractivity contribution >= 4 is 5.78 Å². The predicted molar refractivity (Wildman–Crippen MR) is 49.7 cm³/mol. The van der Waals surface area contributed by atoms with Gasteiger partial charge in [0.1, 0.15) is 12.0 Å². The maximum atomic E-state index is 11.7. The highest BCUT2D eigenvalue weighted by Crippen LogP contribution is 2.22. The van der Waals surface area contributed by atoms with Crippen LogP contribution in [0.5, 0.6) is 0 Å². The Morgan fingerprint density at radius 1 is 1.54 bits per heavy atom. The van der Waals surface area contributed by atoms with Gasteiger partial charge < -0.3 is 4.42 Å². The monoisotopic (exact) mass is 176 g/mol. The topological polar surface area (TPSA) is 30.2 Å². The third kappa shape index (κ3) is 1.57. The molecule has 0 spiro atoms. The number of furan rings is 1. The summed E-state index contributed by atoms with van der Waals surface area (Å²) in [7, 11) is 0. The molecule has 68 valence electrons. The Labute approximate surface area is 77.2 Å². The van der Waals surface area contributed by atoms with Gasteiger partial charge in [0.25, 0.3) is 0 Å². The van der Waals surface area contributed by atoms with E-state index >= 15 is 0 Å². The maximum Gasteiger partial charge on any atom is 0.191 e. The van der Waals surface area contributed by atoms with Crippen molar-refractivity contribution in [3.8, 4) is 0 Å². The van der Waals surface area contributed by atoms with Crippen LogP contribution in [0.2, 0.25) is 0 Å². The van der Waals surface area contributed by atoms with Crippen LogP contribution in [-0.2, 0) is 0 Å². The molecule has 0 fully saturated rings. The van der Waals surface area contributed by atoms with E-state index in [0.717, 1.165) is 30.6 Å². The Morgan fingerprint density at radius 3 is 2.92 bits per heavy atom. The molecule has 0 radical (unpaired) electrons. The largest absolute Gasteiger partial charge is 0.469 e. The molecule has 0 aliphatic heterocycles. The smallest absolute Gasteiger partial charge is 0.191 e. The van der Waals surface area contributed by atoms with E-state index < -0.39 is 0 Å². The van der Waals surface area contributed by atoms with Crippen LogP contribution in [0.3, 0.4) is 0 Å². The van der Waals surface area contributed by atoms with Gasteiger partial charge in [-0.05, 0) is 37.8 Å². The summed E-state index contributed by atoms with van der Waals surface area (Å²) in [6.45, 7) is 1.85. The molecule has 1 aromatic rings. The highest BCUT2D eigenvalue weighted by atomic mass is 16.3. The van der Waals surface area contributed by atoms with Crippen molar-refractivity contribution in [2.45, 2.75) is 26.2 Å². The van der Waals surface area contributed by atoms with Crippen LogP contribution >= 0.6 is 0 Å². The van der Waals surface area contributed by atoms with Gasteiger partial charge in [0, 0.05) is 0 Å². The van der Waals surface area contributed by atoms with E-state index in [-0.39, 0.29) is 5.78 Å². The molecule has 2 rings (SSSR count). The fraction of sp³-hybridized carbons (Fsp3) is 0.364. The Hall–Kier alpha value is -1.31. The fourth-order valence-electron chi connectivity index (χ4n) is 1.63. The van der Waals surface area contributed by atoms with Crippen LogP contribution in [0, 0.1) is 6.92 Å². The van der Waals surface area contributed by atoms with Crippen LogP contribution in [0.15, 0.2) is 28.4 Å². The van der Waals surface area contributed by atoms with E-state index in [9.17, 15) is 4.79 Å². The number of Topliss-reactive ketones (excluding diaryl/α,β-unsaturated/α-hetero) is 1. The third-order valence-electron chi connectivity index (χ3n) is 2.33. The molecule has 0 amide bonds. The van der Waals surface area contributed by atoms with Crippen molar-refractivity contribution in [3.63, 3.8) is 0 Å². The summed E-state index contributed by atoms with van der Waals surface area (Å²) < 4.78 is 5.10. The summed E-state index contributed by atoms with van der Waals surface area (Å²) in [4.78, 5) is 11.7. The molecule has 2 nitrogen and oxygen atoms in total. The van der Waals surface area contributed by atoms with Gasteiger partial charge in [-0.15, -0.1) is 0 Å². The average molecular weight is 176 g/mol.